The minimum absolute atomic E-state index is 0.0639. The SMILES string of the molecule is CN(Cc1n[nH]c2c1CCCC2)C(=O)Cn1ccc([C@H]2CCCNC2)n1. The maximum atomic E-state index is 12.6. The van der Waals surface area contributed by atoms with Crippen molar-refractivity contribution in [2.75, 3.05) is 20.1 Å². The Bertz CT molecular complexity index is 758. The van der Waals surface area contributed by atoms with Gasteiger partial charge in [-0.1, -0.05) is 0 Å². The van der Waals surface area contributed by atoms with Crippen LogP contribution < -0.4 is 5.32 Å². The van der Waals surface area contributed by atoms with E-state index in [0.717, 1.165) is 37.3 Å². The van der Waals surface area contributed by atoms with Crippen molar-refractivity contribution in [1.29, 1.82) is 0 Å². The average Bonchev–Trinajstić information content (AvgIpc) is 3.30. The van der Waals surface area contributed by atoms with E-state index in [4.69, 9.17) is 0 Å². The molecule has 1 saturated heterocycles. The van der Waals surface area contributed by atoms with Gasteiger partial charge in [0.05, 0.1) is 17.9 Å². The second-order valence-corrected chi connectivity index (χ2v) is 7.57. The molecular weight excluding hydrogens is 328 g/mol. The van der Waals surface area contributed by atoms with Crippen molar-refractivity contribution in [3.63, 3.8) is 0 Å². The lowest BCUT2D eigenvalue weighted by atomic mass is 9.96. The van der Waals surface area contributed by atoms with Gasteiger partial charge in [0.15, 0.2) is 0 Å². The summed E-state index contributed by atoms with van der Waals surface area (Å²) in [5, 5.41) is 15.6. The van der Waals surface area contributed by atoms with Crippen LogP contribution in [0.4, 0.5) is 0 Å². The van der Waals surface area contributed by atoms with E-state index in [-0.39, 0.29) is 12.5 Å². The Morgan fingerprint density at radius 2 is 2.23 bits per heavy atom. The molecule has 0 saturated carbocycles. The zero-order valence-corrected chi connectivity index (χ0v) is 15.5. The van der Waals surface area contributed by atoms with Crippen LogP contribution in [0.15, 0.2) is 12.3 Å². The Morgan fingerprint density at radius 3 is 3.08 bits per heavy atom. The molecule has 1 atom stereocenters. The molecule has 1 amide bonds. The van der Waals surface area contributed by atoms with Crippen molar-refractivity contribution in [1.82, 2.24) is 30.2 Å². The third-order valence-corrected chi connectivity index (χ3v) is 5.63. The smallest absolute Gasteiger partial charge is 0.244 e. The monoisotopic (exact) mass is 356 g/mol. The Labute approximate surface area is 154 Å². The van der Waals surface area contributed by atoms with Gasteiger partial charge in [-0.3, -0.25) is 14.6 Å². The summed E-state index contributed by atoms with van der Waals surface area (Å²) in [5.41, 5.74) is 4.69. The molecule has 0 bridgehead atoms. The quantitative estimate of drug-likeness (QED) is 0.853. The number of carbonyl (C=O) groups is 1. The number of likely N-dealkylation sites (N-methyl/N-ethyl adjacent to an activating group) is 1. The molecular formula is C19H28N6O. The molecule has 0 spiro atoms. The maximum Gasteiger partial charge on any atom is 0.244 e. The summed E-state index contributed by atoms with van der Waals surface area (Å²) in [4.78, 5) is 14.4. The van der Waals surface area contributed by atoms with E-state index >= 15 is 0 Å². The van der Waals surface area contributed by atoms with Gasteiger partial charge in [-0.15, -0.1) is 0 Å². The molecule has 0 radical (unpaired) electrons. The number of carbonyl (C=O) groups excluding carboxylic acids is 1. The van der Waals surface area contributed by atoms with Crippen molar-refractivity contribution >= 4 is 5.91 Å². The Hall–Kier alpha value is -2.15. The number of hydrogen-bond donors (Lipinski definition) is 2. The van der Waals surface area contributed by atoms with Crippen molar-refractivity contribution in [3.8, 4) is 0 Å². The molecule has 2 aromatic heterocycles. The highest BCUT2D eigenvalue weighted by Gasteiger charge is 2.21. The molecule has 0 aromatic carbocycles. The van der Waals surface area contributed by atoms with Gasteiger partial charge < -0.3 is 10.2 Å². The van der Waals surface area contributed by atoms with E-state index in [9.17, 15) is 4.79 Å². The summed E-state index contributed by atoms with van der Waals surface area (Å²) in [7, 11) is 1.85. The van der Waals surface area contributed by atoms with Crippen LogP contribution in [0.25, 0.3) is 0 Å². The second kappa shape index (κ2) is 7.61. The maximum absolute atomic E-state index is 12.6. The number of H-pyrrole nitrogens is 1. The van der Waals surface area contributed by atoms with Crippen molar-refractivity contribution in [2.24, 2.45) is 0 Å². The zero-order chi connectivity index (χ0) is 17.9. The van der Waals surface area contributed by atoms with Crippen LogP contribution in [0.3, 0.4) is 0 Å². The second-order valence-electron chi connectivity index (χ2n) is 7.57. The number of nitrogens with one attached hydrogen (secondary N) is 2. The van der Waals surface area contributed by atoms with Gasteiger partial charge in [-0.25, -0.2) is 0 Å². The summed E-state index contributed by atoms with van der Waals surface area (Å²) in [6, 6.07) is 2.05. The van der Waals surface area contributed by atoms with Crippen molar-refractivity contribution in [3.05, 3.63) is 34.9 Å². The summed E-state index contributed by atoms with van der Waals surface area (Å²) >= 11 is 0. The van der Waals surface area contributed by atoms with Gasteiger partial charge in [0.2, 0.25) is 5.91 Å². The fourth-order valence-electron chi connectivity index (χ4n) is 4.04. The molecule has 2 N–H and O–H groups in total. The first-order valence-electron chi connectivity index (χ1n) is 9.73. The van der Waals surface area contributed by atoms with Gasteiger partial charge in [0.25, 0.3) is 0 Å². The van der Waals surface area contributed by atoms with E-state index in [1.54, 1.807) is 9.58 Å². The first-order chi connectivity index (χ1) is 12.7. The Morgan fingerprint density at radius 1 is 1.35 bits per heavy atom. The molecule has 7 heteroatoms. The number of fused-ring (bicyclic) bond motifs is 1. The fourth-order valence-corrected chi connectivity index (χ4v) is 4.04. The van der Waals surface area contributed by atoms with Crippen LogP contribution in [-0.4, -0.2) is 50.9 Å². The fraction of sp³-hybridized carbons (Fsp3) is 0.632. The number of rotatable bonds is 5. The predicted octanol–water partition coefficient (Wildman–Crippen LogP) is 1.61. The van der Waals surface area contributed by atoms with Gasteiger partial charge in [0, 0.05) is 31.4 Å². The summed E-state index contributed by atoms with van der Waals surface area (Å²) in [6.07, 6.45) is 8.86. The lowest BCUT2D eigenvalue weighted by molar-refractivity contribution is -0.131. The van der Waals surface area contributed by atoms with Crippen LogP contribution in [0, 0.1) is 0 Å². The lowest BCUT2D eigenvalue weighted by Crippen LogP contribution is -2.31. The average molecular weight is 356 g/mol. The highest BCUT2D eigenvalue weighted by atomic mass is 16.2. The van der Waals surface area contributed by atoms with Crippen molar-refractivity contribution in [2.45, 2.75) is 57.5 Å². The van der Waals surface area contributed by atoms with Gasteiger partial charge >= 0.3 is 0 Å². The standard InChI is InChI=1S/C19H28N6O/c1-24(12-18-15-6-2-3-7-17(15)21-22-18)19(26)13-25-10-8-16(23-25)14-5-4-9-20-11-14/h8,10,14,20H,2-7,9,11-13H2,1H3,(H,21,22)/t14-/m0/s1. The number of aryl methyl sites for hydroxylation is 1. The Balaban J connectivity index is 1.35. The number of amides is 1. The largest absolute Gasteiger partial charge is 0.338 e. The normalized spacial score (nSPS) is 20.0. The molecule has 1 aliphatic heterocycles. The number of aromatic amines is 1. The van der Waals surface area contributed by atoms with E-state index in [2.05, 4.69) is 26.7 Å². The first kappa shape index (κ1) is 17.3. The summed E-state index contributed by atoms with van der Waals surface area (Å²) < 4.78 is 1.77. The molecule has 1 fully saturated rings. The molecule has 26 heavy (non-hydrogen) atoms. The molecule has 7 nitrogen and oxygen atoms in total. The molecule has 2 aromatic rings. The number of nitrogens with zero attached hydrogens (tertiary/aromatic N) is 4. The third-order valence-electron chi connectivity index (χ3n) is 5.63. The third kappa shape index (κ3) is 3.67. The predicted molar refractivity (Wildman–Crippen MR) is 98.8 cm³/mol. The van der Waals surface area contributed by atoms with E-state index < -0.39 is 0 Å². The molecule has 1 aliphatic carbocycles. The first-order valence-corrected chi connectivity index (χ1v) is 9.73. The summed E-state index contributed by atoms with van der Waals surface area (Å²) in [6.45, 7) is 2.92. The van der Waals surface area contributed by atoms with E-state index in [1.807, 2.05) is 13.2 Å². The van der Waals surface area contributed by atoms with Crippen LogP contribution in [0.1, 0.15) is 54.2 Å². The molecule has 0 unspecified atom stereocenters. The number of piperidine rings is 1. The minimum atomic E-state index is 0.0639. The molecule has 4 rings (SSSR count). The summed E-state index contributed by atoms with van der Waals surface area (Å²) in [5.74, 6) is 0.530. The molecule has 140 valence electrons. The highest BCUT2D eigenvalue weighted by molar-refractivity contribution is 5.75. The van der Waals surface area contributed by atoms with Crippen molar-refractivity contribution < 1.29 is 4.79 Å². The van der Waals surface area contributed by atoms with Crippen LogP contribution >= 0.6 is 0 Å². The lowest BCUT2D eigenvalue weighted by Gasteiger charge is -2.21. The van der Waals surface area contributed by atoms with Crippen LogP contribution in [0.5, 0.6) is 0 Å². The topological polar surface area (TPSA) is 78.8 Å². The highest BCUT2D eigenvalue weighted by Crippen LogP contribution is 2.23. The van der Waals surface area contributed by atoms with E-state index in [0.29, 0.717) is 12.5 Å². The van der Waals surface area contributed by atoms with Crippen LogP contribution in [-0.2, 0) is 30.7 Å². The Kier molecular flexibility index (Phi) is 5.06. The van der Waals surface area contributed by atoms with Gasteiger partial charge in [-0.2, -0.15) is 10.2 Å². The molecule has 3 heterocycles. The van der Waals surface area contributed by atoms with E-state index in [1.165, 1.54) is 36.9 Å². The number of aromatic nitrogens is 4. The number of hydrogen-bond acceptors (Lipinski definition) is 4. The van der Waals surface area contributed by atoms with Gasteiger partial charge in [0.1, 0.15) is 6.54 Å². The molecule has 2 aliphatic rings. The van der Waals surface area contributed by atoms with Crippen LogP contribution in [0.2, 0.25) is 0 Å². The minimum Gasteiger partial charge on any atom is -0.338 e. The zero-order valence-electron chi connectivity index (χ0n) is 15.5. The van der Waals surface area contributed by atoms with Gasteiger partial charge in [-0.05, 0) is 56.7 Å².